The fourth-order valence-electron chi connectivity index (χ4n) is 7.86. The van der Waals surface area contributed by atoms with Gasteiger partial charge in [-0.15, -0.1) is 13.2 Å². The van der Waals surface area contributed by atoms with Gasteiger partial charge in [-0.2, -0.15) is 0 Å². The number of halogens is 3. The number of rotatable bonds is 5. The first-order chi connectivity index (χ1) is 20.0. The molecule has 10 heteroatoms. The van der Waals surface area contributed by atoms with Crippen molar-refractivity contribution in [2.45, 2.75) is 84.7 Å². The Kier molecular flexibility index (Phi) is 6.42. The molecule has 7 rings (SSSR count). The van der Waals surface area contributed by atoms with Gasteiger partial charge in [-0.3, -0.25) is 0 Å². The second-order valence-corrected chi connectivity index (χ2v) is 14.2. The number of alkyl halides is 3. The zero-order valence-electron chi connectivity index (χ0n) is 23.1. The summed E-state index contributed by atoms with van der Waals surface area (Å²) in [6.07, 6.45) is -2.44. The lowest BCUT2D eigenvalue weighted by Gasteiger charge is -2.50. The van der Waals surface area contributed by atoms with Crippen LogP contribution in [0.1, 0.15) is 55.2 Å². The lowest BCUT2D eigenvalue weighted by molar-refractivity contribution is -0.274. The molecule has 0 saturated carbocycles. The first kappa shape index (κ1) is 27.7. The summed E-state index contributed by atoms with van der Waals surface area (Å²) >= 11 is 0. The van der Waals surface area contributed by atoms with Crippen molar-refractivity contribution in [3.8, 4) is 11.5 Å². The van der Waals surface area contributed by atoms with Crippen LogP contribution < -0.4 is 14.8 Å². The highest BCUT2D eigenvalue weighted by Gasteiger charge is 2.66. The number of sulfone groups is 1. The van der Waals surface area contributed by atoms with E-state index in [9.17, 15) is 21.6 Å². The van der Waals surface area contributed by atoms with Crippen LogP contribution in [-0.2, 0) is 26.5 Å². The van der Waals surface area contributed by atoms with E-state index in [2.05, 4.69) is 10.1 Å². The van der Waals surface area contributed by atoms with Crippen LogP contribution in [0.4, 0.5) is 13.2 Å². The zero-order valence-corrected chi connectivity index (χ0v) is 23.9. The number of fused-ring (bicyclic) bond motifs is 4. The van der Waals surface area contributed by atoms with E-state index < -0.39 is 32.6 Å². The molecule has 0 aliphatic carbocycles. The van der Waals surface area contributed by atoms with Crippen LogP contribution in [0.5, 0.6) is 11.5 Å². The average molecular weight is 600 g/mol. The highest BCUT2D eigenvalue weighted by atomic mass is 32.2. The summed E-state index contributed by atoms with van der Waals surface area (Å²) in [6, 6.07) is 20.9. The van der Waals surface area contributed by atoms with Crippen molar-refractivity contribution >= 4 is 9.84 Å². The van der Waals surface area contributed by atoms with Crippen molar-refractivity contribution in [1.82, 2.24) is 5.32 Å². The van der Waals surface area contributed by atoms with E-state index in [-0.39, 0.29) is 30.4 Å². The first-order valence-electron chi connectivity index (χ1n) is 14.4. The molecule has 1 N–H and O–H groups in total. The molecule has 42 heavy (non-hydrogen) atoms. The Morgan fingerprint density at radius 3 is 2.43 bits per heavy atom. The van der Waals surface area contributed by atoms with E-state index in [1.54, 1.807) is 30.3 Å². The molecule has 6 atom stereocenters. The summed E-state index contributed by atoms with van der Waals surface area (Å²) in [5, 5.41) is 3.09. The van der Waals surface area contributed by atoms with Gasteiger partial charge in [0.15, 0.2) is 9.84 Å². The molecule has 4 aliphatic heterocycles. The summed E-state index contributed by atoms with van der Waals surface area (Å²) in [7, 11) is -3.65. The molecule has 4 aliphatic rings. The number of piperidine rings is 1. The Morgan fingerprint density at radius 1 is 1.00 bits per heavy atom. The monoisotopic (exact) mass is 599 g/mol. The van der Waals surface area contributed by atoms with Gasteiger partial charge >= 0.3 is 6.36 Å². The second-order valence-electron chi connectivity index (χ2n) is 12.0. The minimum Gasteiger partial charge on any atom is -0.490 e. The smallest absolute Gasteiger partial charge is 0.490 e. The van der Waals surface area contributed by atoms with E-state index in [0.717, 1.165) is 5.56 Å². The molecule has 3 fully saturated rings. The van der Waals surface area contributed by atoms with Gasteiger partial charge in [-0.1, -0.05) is 48.5 Å². The van der Waals surface area contributed by atoms with Crippen LogP contribution in [-0.4, -0.2) is 44.4 Å². The van der Waals surface area contributed by atoms with Crippen LogP contribution in [0, 0.1) is 0 Å². The van der Waals surface area contributed by atoms with Gasteiger partial charge in [0.2, 0.25) is 0 Å². The van der Waals surface area contributed by atoms with Crippen LogP contribution in [0.3, 0.4) is 0 Å². The predicted molar refractivity (Wildman–Crippen MR) is 149 cm³/mol. The van der Waals surface area contributed by atoms with Crippen LogP contribution in [0.25, 0.3) is 0 Å². The van der Waals surface area contributed by atoms with Crippen LogP contribution in [0.15, 0.2) is 77.7 Å². The number of nitrogens with one attached hydrogen (secondary N) is 1. The maximum absolute atomic E-state index is 13.9. The Bertz CT molecular complexity index is 1600. The van der Waals surface area contributed by atoms with Crippen molar-refractivity contribution < 1.29 is 35.8 Å². The molecule has 3 saturated heterocycles. The van der Waals surface area contributed by atoms with Crippen molar-refractivity contribution in [3.05, 3.63) is 89.5 Å². The van der Waals surface area contributed by atoms with Gasteiger partial charge in [-0.25, -0.2) is 8.42 Å². The first-order valence-corrected chi connectivity index (χ1v) is 15.9. The summed E-state index contributed by atoms with van der Waals surface area (Å²) in [5.74, 6) is 0.0861. The molecule has 2 bridgehead atoms. The van der Waals surface area contributed by atoms with E-state index in [0.29, 0.717) is 53.9 Å². The third-order valence-corrected chi connectivity index (χ3v) is 11.8. The normalized spacial score (nSPS) is 32.1. The van der Waals surface area contributed by atoms with Gasteiger partial charge < -0.3 is 19.5 Å². The minimum absolute atomic E-state index is 0.164. The topological polar surface area (TPSA) is 73.9 Å². The lowest BCUT2D eigenvalue weighted by Crippen LogP contribution is -2.62. The number of hydrogen-bond acceptors (Lipinski definition) is 6. The van der Waals surface area contributed by atoms with Crippen LogP contribution >= 0.6 is 0 Å². The Balaban J connectivity index is 1.28. The molecular formula is C32H32F3NO5S. The maximum atomic E-state index is 13.9. The molecule has 3 aromatic carbocycles. The minimum atomic E-state index is -4.81. The summed E-state index contributed by atoms with van der Waals surface area (Å²) in [4.78, 5) is 0.301. The molecule has 6 nitrogen and oxygen atoms in total. The van der Waals surface area contributed by atoms with Gasteiger partial charge in [0.05, 0.1) is 27.9 Å². The maximum Gasteiger partial charge on any atom is 0.573 e. The number of ether oxygens (including phenoxy) is 3. The SMILES string of the molecule is CC1Cc2cc(OC(F)(F)F)cc([C@H]3CO[C@]4(CC[C@H]5N[C@@]4(c4ccccc4)CC5S(=O)(=O)c4ccccc4)C3)c2O1. The Hall–Kier alpha value is -3.08. The fraction of sp³-hybridized carbons (Fsp3) is 0.438. The number of hydrogen-bond donors (Lipinski definition) is 1. The second kappa shape index (κ2) is 9.72. The van der Waals surface area contributed by atoms with E-state index in [4.69, 9.17) is 9.47 Å². The van der Waals surface area contributed by atoms with E-state index >= 15 is 0 Å². The zero-order chi connectivity index (χ0) is 29.3. The molecule has 0 amide bonds. The highest BCUT2D eigenvalue weighted by Crippen LogP contribution is 2.59. The molecule has 0 aromatic heterocycles. The average Bonchev–Trinajstić information content (AvgIpc) is 3.65. The standard InChI is InChI=1S/C32H32F3NO5S/c1-20-14-21-15-24(41-32(33,34)35)16-26(29(21)40-20)22-17-30(39-19-22)13-12-27-28(42(37,38)25-10-6-3-7-11-25)18-31(30,36-27)23-8-4-2-5-9-23/h2-11,15-16,20,22,27-28,36H,12-14,17-19H2,1H3/t20?,22-,27-,28?,30-,31-/m1/s1. The quantitative estimate of drug-likeness (QED) is 0.385. The molecule has 2 unspecified atom stereocenters. The van der Waals surface area contributed by atoms with Crippen LogP contribution in [0.2, 0.25) is 0 Å². The largest absolute Gasteiger partial charge is 0.573 e. The van der Waals surface area contributed by atoms with Gasteiger partial charge in [0.25, 0.3) is 0 Å². The summed E-state index contributed by atoms with van der Waals surface area (Å²) in [6.45, 7) is 2.17. The Morgan fingerprint density at radius 2 is 1.71 bits per heavy atom. The predicted octanol–water partition coefficient (Wildman–Crippen LogP) is 6.05. The Labute approximate surface area is 243 Å². The lowest BCUT2D eigenvalue weighted by atomic mass is 9.67. The molecule has 4 heterocycles. The highest BCUT2D eigenvalue weighted by molar-refractivity contribution is 7.92. The third kappa shape index (κ3) is 4.41. The molecule has 1 spiro atoms. The van der Waals surface area contributed by atoms with Gasteiger partial charge in [0.1, 0.15) is 17.6 Å². The number of benzene rings is 3. The van der Waals surface area contributed by atoms with Gasteiger partial charge in [-0.05, 0) is 62.4 Å². The molecule has 222 valence electrons. The van der Waals surface area contributed by atoms with E-state index in [1.807, 2.05) is 37.3 Å². The van der Waals surface area contributed by atoms with E-state index in [1.165, 1.54) is 12.1 Å². The van der Waals surface area contributed by atoms with Crippen molar-refractivity contribution in [2.24, 2.45) is 0 Å². The third-order valence-electron chi connectivity index (χ3n) is 9.57. The van der Waals surface area contributed by atoms with Crippen molar-refractivity contribution in [1.29, 1.82) is 0 Å². The van der Waals surface area contributed by atoms with Crippen molar-refractivity contribution in [3.63, 3.8) is 0 Å². The summed E-state index contributed by atoms with van der Waals surface area (Å²) < 4.78 is 84.8. The molecule has 0 radical (unpaired) electrons. The van der Waals surface area contributed by atoms with Gasteiger partial charge in [0, 0.05) is 29.5 Å². The fourth-order valence-corrected chi connectivity index (χ4v) is 9.85. The van der Waals surface area contributed by atoms with Crippen molar-refractivity contribution in [2.75, 3.05) is 6.61 Å². The molecular weight excluding hydrogens is 567 g/mol. The molecule has 3 aromatic rings. The summed E-state index contributed by atoms with van der Waals surface area (Å²) in [5.41, 5.74) is 0.717.